The highest BCUT2D eigenvalue weighted by molar-refractivity contribution is 7.14. The maximum absolute atomic E-state index is 11.7. The molecule has 0 saturated heterocycles. The smallest absolute Gasteiger partial charge is 0.308 e. The maximum Gasteiger partial charge on any atom is 0.324 e. The van der Waals surface area contributed by atoms with Crippen LogP contribution in [-0.2, 0) is 0 Å². The molecule has 0 aliphatic rings. The minimum Gasteiger partial charge on any atom is -0.308 e. The van der Waals surface area contributed by atoms with Crippen molar-refractivity contribution in [3.05, 3.63) is 46.3 Å². The van der Waals surface area contributed by atoms with Crippen LogP contribution in [0.25, 0.3) is 0 Å². The van der Waals surface area contributed by atoms with Gasteiger partial charge in [0.25, 0.3) is 0 Å². The number of nitrogens with one attached hydrogen (secondary N) is 2. The Balaban J connectivity index is 2.01. The topological polar surface area (TPSA) is 64.9 Å². The van der Waals surface area contributed by atoms with E-state index in [4.69, 9.17) is 16.9 Å². The van der Waals surface area contributed by atoms with Gasteiger partial charge < -0.3 is 5.32 Å². The molecule has 0 fully saturated rings. The van der Waals surface area contributed by atoms with Gasteiger partial charge in [0, 0.05) is 10.7 Å². The third-order valence-electron chi connectivity index (χ3n) is 2.11. The first-order chi connectivity index (χ1) is 8.69. The first-order valence-electron chi connectivity index (χ1n) is 5.00. The van der Waals surface area contributed by atoms with E-state index in [-0.39, 0.29) is 0 Å². The van der Waals surface area contributed by atoms with Crippen LogP contribution in [-0.4, -0.2) is 6.03 Å². The number of anilines is 2. The molecule has 2 aromatic rings. The fourth-order valence-electron chi connectivity index (χ4n) is 1.29. The van der Waals surface area contributed by atoms with Gasteiger partial charge in [0.1, 0.15) is 11.1 Å². The lowest BCUT2D eigenvalue weighted by molar-refractivity contribution is 0.262. The number of rotatable bonds is 2. The van der Waals surface area contributed by atoms with Crippen LogP contribution < -0.4 is 10.6 Å². The van der Waals surface area contributed by atoms with Gasteiger partial charge in [-0.1, -0.05) is 11.6 Å². The van der Waals surface area contributed by atoms with Gasteiger partial charge in [-0.3, -0.25) is 5.32 Å². The third kappa shape index (κ3) is 3.00. The summed E-state index contributed by atoms with van der Waals surface area (Å²) in [6, 6.07) is 10.0. The number of benzene rings is 1. The van der Waals surface area contributed by atoms with Crippen molar-refractivity contribution in [2.75, 3.05) is 10.6 Å². The number of urea groups is 1. The summed E-state index contributed by atoms with van der Waals surface area (Å²) in [5.41, 5.74) is 1.08. The van der Waals surface area contributed by atoms with Crippen LogP contribution in [0.4, 0.5) is 15.5 Å². The summed E-state index contributed by atoms with van der Waals surface area (Å²) in [6.07, 6.45) is 0. The number of hydrogen-bond donors (Lipinski definition) is 2. The predicted molar refractivity (Wildman–Crippen MR) is 73.1 cm³/mol. The van der Waals surface area contributed by atoms with Crippen LogP contribution in [0.3, 0.4) is 0 Å². The molecule has 1 heterocycles. The second-order valence-corrected chi connectivity index (χ2v) is 4.71. The number of nitrogens with zero attached hydrogens (tertiary/aromatic N) is 1. The van der Waals surface area contributed by atoms with Gasteiger partial charge in [-0.2, -0.15) is 5.26 Å². The summed E-state index contributed by atoms with van der Waals surface area (Å²) < 4.78 is 0. The average Bonchev–Trinajstić information content (AvgIpc) is 2.79. The number of carbonyl (C=O) groups excluding carboxylic acids is 1. The molecule has 0 aliphatic heterocycles. The lowest BCUT2D eigenvalue weighted by Crippen LogP contribution is -2.19. The number of halogens is 1. The quantitative estimate of drug-likeness (QED) is 0.874. The highest BCUT2D eigenvalue weighted by Crippen LogP contribution is 2.22. The van der Waals surface area contributed by atoms with Gasteiger partial charge in [-0.25, -0.2) is 4.79 Å². The Hall–Kier alpha value is -2.03. The second-order valence-electron chi connectivity index (χ2n) is 3.36. The van der Waals surface area contributed by atoms with Crippen molar-refractivity contribution in [3.63, 3.8) is 0 Å². The molecule has 2 amide bonds. The van der Waals surface area contributed by atoms with Gasteiger partial charge in [-0.05, 0) is 35.7 Å². The molecule has 4 nitrogen and oxygen atoms in total. The number of hydrogen-bond acceptors (Lipinski definition) is 3. The minimum atomic E-state index is -0.392. The van der Waals surface area contributed by atoms with Crippen molar-refractivity contribution in [1.82, 2.24) is 0 Å². The van der Waals surface area contributed by atoms with Crippen molar-refractivity contribution >= 4 is 39.7 Å². The van der Waals surface area contributed by atoms with Gasteiger partial charge in [0.15, 0.2) is 0 Å². The molecule has 0 unspecified atom stereocenters. The van der Waals surface area contributed by atoms with E-state index in [2.05, 4.69) is 10.6 Å². The Morgan fingerprint density at radius 3 is 2.61 bits per heavy atom. The van der Waals surface area contributed by atoms with E-state index in [1.54, 1.807) is 35.7 Å². The van der Waals surface area contributed by atoms with E-state index in [1.807, 2.05) is 6.07 Å². The highest BCUT2D eigenvalue weighted by Gasteiger charge is 2.07. The van der Waals surface area contributed by atoms with E-state index in [1.165, 1.54) is 11.3 Å². The average molecular weight is 278 g/mol. The molecule has 0 atom stereocenters. The molecule has 0 saturated carbocycles. The Labute approximate surface area is 113 Å². The molecular weight excluding hydrogens is 270 g/mol. The summed E-state index contributed by atoms with van der Waals surface area (Å²) in [7, 11) is 0. The monoisotopic (exact) mass is 277 g/mol. The van der Waals surface area contributed by atoms with Crippen LogP contribution in [0, 0.1) is 11.3 Å². The number of thiophene rings is 1. The molecule has 0 bridgehead atoms. The molecule has 90 valence electrons. The molecule has 18 heavy (non-hydrogen) atoms. The second kappa shape index (κ2) is 5.54. The number of carbonyl (C=O) groups is 1. The first kappa shape index (κ1) is 12.4. The van der Waals surface area contributed by atoms with Crippen molar-refractivity contribution in [3.8, 4) is 6.07 Å². The summed E-state index contributed by atoms with van der Waals surface area (Å²) in [6.45, 7) is 0. The Bertz CT molecular complexity index is 601. The molecule has 0 radical (unpaired) electrons. The minimum absolute atomic E-state index is 0.392. The summed E-state index contributed by atoms with van der Waals surface area (Å²) in [5, 5.41) is 17.0. The molecule has 1 aromatic heterocycles. The lowest BCUT2D eigenvalue weighted by atomic mass is 10.3. The highest BCUT2D eigenvalue weighted by atomic mass is 35.5. The van der Waals surface area contributed by atoms with Crippen molar-refractivity contribution < 1.29 is 4.79 Å². The Kier molecular flexibility index (Phi) is 3.82. The maximum atomic E-state index is 11.7. The van der Waals surface area contributed by atoms with Crippen LogP contribution in [0.15, 0.2) is 35.7 Å². The fraction of sp³-hybridized carbons (Fsp3) is 0. The van der Waals surface area contributed by atoms with Gasteiger partial charge in [-0.15, -0.1) is 11.3 Å². The zero-order valence-electron chi connectivity index (χ0n) is 9.11. The van der Waals surface area contributed by atoms with E-state index >= 15 is 0 Å². The summed E-state index contributed by atoms with van der Waals surface area (Å²) in [4.78, 5) is 11.7. The summed E-state index contributed by atoms with van der Waals surface area (Å²) >= 11 is 7.04. The summed E-state index contributed by atoms with van der Waals surface area (Å²) in [5.74, 6) is 0. The standard InChI is InChI=1S/C12H8ClN3OS/c13-9-1-3-10(4-2-9)15-12(17)16-11-8(7-14)5-6-18-11/h1-6H,(H2,15,16,17). The van der Waals surface area contributed by atoms with Gasteiger partial charge in [0.2, 0.25) is 0 Å². The van der Waals surface area contributed by atoms with E-state index in [0.717, 1.165) is 0 Å². The Morgan fingerprint density at radius 2 is 1.94 bits per heavy atom. The zero-order valence-corrected chi connectivity index (χ0v) is 10.7. The largest absolute Gasteiger partial charge is 0.324 e. The number of nitriles is 1. The normalized spacial score (nSPS) is 9.56. The van der Waals surface area contributed by atoms with Gasteiger partial charge in [0.05, 0.1) is 5.56 Å². The van der Waals surface area contributed by atoms with Crippen LogP contribution >= 0.6 is 22.9 Å². The SMILES string of the molecule is N#Cc1ccsc1NC(=O)Nc1ccc(Cl)cc1. The van der Waals surface area contributed by atoms with Crippen LogP contribution in [0.2, 0.25) is 5.02 Å². The molecule has 2 rings (SSSR count). The molecule has 0 spiro atoms. The van der Waals surface area contributed by atoms with Crippen molar-refractivity contribution in [2.45, 2.75) is 0 Å². The van der Waals surface area contributed by atoms with E-state index < -0.39 is 6.03 Å². The third-order valence-corrected chi connectivity index (χ3v) is 3.20. The zero-order chi connectivity index (χ0) is 13.0. The van der Waals surface area contributed by atoms with Crippen LogP contribution in [0.5, 0.6) is 0 Å². The molecule has 6 heteroatoms. The first-order valence-corrected chi connectivity index (χ1v) is 6.26. The number of amides is 2. The molecule has 1 aromatic carbocycles. The van der Waals surface area contributed by atoms with E-state index in [9.17, 15) is 4.79 Å². The fourth-order valence-corrected chi connectivity index (χ4v) is 2.15. The van der Waals surface area contributed by atoms with Crippen molar-refractivity contribution in [1.29, 1.82) is 5.26 Å². The van der Waals surface area contributed by atoms with Crippen LogP contribution in [0.1, 0.15) is 5.56 Å². The molecular formula is C12H8ClN3OS. The predicted octanol–water partition coefficient (Wildman–Crippen LogP) is 3.92. The van der Waals surface area contributed by atoms with Crippen molar-refractivity contribution in [2.24, 2.45) is 0 Å². The molecule has 2 N–H and O–H groups in total. The Morgan fingerprint density at radius 1 is 1.22 bits per heavy atom. The lowest BCUT2D eigenvalue weighted by Gasteiger charge is -2.06. The van der Waals surface area contributed by atoms with Gasteiger partial charge >= 0.3 is 6.03 Å². The molecule has 0 aliphatic carbocycles. The van der Waals surface area contributed by atoms with E-state index in [0.29, 0.717) is 21.3 Å².